The van der Waals surface area contributed by atoms with E-state index in [0.717, 1.165) is 37.2 Å². The average Bonchev–Trinajstić information content (AvgIpc) is 2.95. The van der Waals surface area contributed by atoms with E-state index < -0.39 is 0 Å². The van der Waals surface area contributed by atoms with E-state index in [0.29, 0.717) is 6.04 Å². The van der Waals surface area contributed by atoms with E-state index in [2.05, 4.69) is 29.2 Å². The van der Waals surface area contributed by atoms with Crippen molar-refractivity contribution in [1.82, 2.24) is 4.90 Å². The van der Waals surface area contributed by atoms with Gasteiger partial charge in [0.15, 0.2) is 0 Å². The molecule has 4 rings (SSSR count). The monoisotopic (exact) mass is 336 g/mol. The molecule has 0 aromatic heterocycles. The van der Waals surface area contributed by atoms with E-state index in [1.165, 1.54) is 12.0 Å². The highest BCUT2D eigenvalue weighted by molar-refractivity contribution is 5.95. The second-order valence-electron chi connectivity index (χ2n) is 6.86. The number of anilines is 1. The maximum atomic E-state index is 13.1. The quantitative estimate of drug-likeness (QED) is 0.842. The zero-order valence-corrected chi connectivity index (χ0v) is 14.6. The summed E-state index contributed by atoms with van der Waals surface area (Å²) in [6, 6.07) is 19.0. The van der Waals surface area contributed by atoms with Gasteiger partial charge in [0, 0.05) is 12.2 Å². The van der Waals surface area contributed by atoms with Crippen LogP contribution in [-0.2, 0) is 6.42 Å². The molecule has 2 heterocycles. The molecule has 0 saturated carbocycles. The van der Waals surface area contributed by atoms with Gasteiger partial charge in [-0.15, -0.1) is 0 Å². The van der Waals surface area contributed by atoms with Crippen LogP contribution in [0, 0.1) is 0 Å². The van der Waals surface area contributed by atoms with Gasteiger partial charge in [-0.1, -0.05) is 30.3 Å². The molecule has 2 fully saturated rings. The summed E-state index contributed by atoms with van der Waals surface area (Å²) < 4.78 is 5.26. The summed E-state index contributed by atoms with van der Waals surface area (Å²) >= 11 is 0. The Morgan fingerprint density at radius 3 is 2.52 bits per heavy atom. The molecule has 0 spiro atoms. The Morgan fingerprint density at radius 1 is 1.04 bits per heavy atom. The van der Waals surface area contributed by atoms with Crippen molar-refractivity contribution >= 4 is 11.7 Å². The van der Waals surface area contributed by atoms with E-state index in [-0.39, 0.29) is 12.1 Å². The lowest BCUT2D eigenvalue weighted by molar-refractivity contribution is 0.180. The van der Waals surface area contributed by atoms with Crippen molar-refractivity contribution < 1.29 is 9.53 Å². The Kier molecular flexibility index (Phi) is 4.35. The van der Waals surface area contributed by atoms with Crippen LogP contribution in [0.2, 0.25) is 0 Å². The number of hydrogen-bond acceptors (Lipinski definition) is 2. The van der Waals surface area contributed by atoms with Gasteiger partial charge in [-0.3, -0.25) is 4.90 Å². The van der Waals surface area contributed by atoms with Crippen LogP contribution in [0.4, 0.5) is 10.5 Å². The van der Waals surface area contributed by atoms with Gasteiger partial charge in [0.05, 0.1) is 19.2 Å². The predicted octanol–water partition coefficient (Wildman–Crippen LogP) is 4.10. The van der Waals surface area contributed by atoms with Crippen molar-refractivity contribution in [3.63, 3.8) is 0 Å². The largest absolute Gasteiger partial charge is 0.497 e. The third-order valence-electron chi connectivity index (χ3n) is 5.42. The summed E-state index contributed by atoms with van der Waals surface area (Å²) in [5.74, 6) is 0.813. The highest BCUT2D eigenvalue weighted by atomic mass is 16.5. The number of carbonyl (C=O) groups excluding carboxylic acids is 1. The summed E-state index contributed by atoms with van der Waals surface area (Å²) in [5.41, 5.74) is 2.24. The average molecular weight is 336 g/mol. The molecule has 0 N–H and O–H groups in total. The first kappa shape index (κ1) is 16.0. The molecule has 2 amide bonds. The van der Waals surface area contributed by atoms with Crippen LogP contribution in [-0.4, -0.2) is 36.7 Å². The summed E-state index contributed by atoms with van der Waals surface area (Å²) in [4.78, 5) is 17.2. The van der Waals surface area contributed by atoms with Gasteiger partial charge in [-0.25, -0.2) is 4.79 Å². The van der Waals surface area contributed by atoms with Crippen LogP contribution in [0.25, 0.3) is 0 Å². The van der Waals surface area contributed by atoms with Gasteiger partial charge >= 0.3 is 6.03 Å². The molecule has 2 saturated heterocycles. The Morgan fingerprint density at radius 2 is 1.80 bits per heavy atom. The summed E-state index contributed by atoms with van der Waals surface area (Å²) in [5, 5.41) is 0. The number of methoxy groups -OCH3 is 1. The smallest absolute Gasteiger partial charge is 0.325 e. The Labute approximate surface area is 149 Å². The highest BCUT2D eigenvalue weighted by Gasteiger charge is 2.46. The summed E-state index contributed by atoms with van der Waals surface area (Å²) in [6.45, 7) is 0.876. The topological polar surface area (TPSA) is 32.8 Å². The Hall–Kier alpha value is -2.49. The number of ether oxygens (including phenoxy) is 1. The normalized spacial score (nSPS) is 22.8. The van der Waals surface area contributed by atoms with Gasteiger partial charge in [-0.05, 0) is 55.5 Å². The molecule has 130 valence electrons. The molecule has 2 aromatic rings. The fraction of sp³-hybridized carbons (Fsp3) is 0.381. The minimum atomic E-state index is 0.149. The molecule has 2 aliphatic heterocycles. The van der Waals surface area contributed by atoms with Crippen molar-refractivity contribution in [1.29, 1.82) is 0 Å². The maximum Gasteiger partial charge on any atom is 0.325 e. The lowest BCUT2D eigenvalue weighted by Crippen LogP contribution is -2.41. The van der Waals surface area contributed by atoms with Crippen molar-refractivity contribution in [2.75, 3.05) is 18.6 Å². The van der Waals surface area contributed by atoms with Crippen molar-refractivity contribution in [3.05, 3.63) is 60.2 Å². The molecule has 4 heteroatoms. The van der Waals surface area contributed by atoms with Crippen LogP contribution in [0.15, 0.2) is 54.6 Å². The molecule has 0 radical (unpaired) electrons. The number of rotatable bonds is 4. The minimum absolute atomic E-state index is 0.149. The number of urea groups is 1. The first-order valence-electron chi connectivity index (χ1n) is 9.06. The fourth-order valence-corrected chi connectivity index (χ4v) is 4.17. The standard InChI is InChI=1S/C21H24N2O2/c1-25-18-12-10-17(11-13-18)23-20(15-16-7-3-2-4-8-16)19-9-5-6-14-22(19)21(23)24/h2-4,7-8,10-13,19-20H,5-6,9,14-15H2,1H3/t19-,20-/m1/s1. The minimum Gasteiger partial charge on any atom is -0.497 e. The van der Waals surface area contributed by atoms with Crippen molar-refractivity contribution in [2.45, 2.75) is 37.8 Å². The van der Waals surface area contributed by atoms with Gasteiger partial charge in [0.1, 0.15) is 5.75 Å². The van der Waals surface area contributed by atoms with Crippen LogP contribution in [0.5, 0.6) is 5.75 Å². The lowest BCUT2D eigenvalue weighted by atomic mass is 9.92. The van der Waals surface area contributed by atoms with Gasteiger partial charge in [0.2, 0.25) is 0 Å². The Balaban J connectivity index is 1.68. The first-order chi connectivity index (χ1) is 12.3. The molecule has 4 nitrogen and oxygen atoms in total. The number of piperidine rings is 1. The second-order valence-corrected chi connectivity index (χ2v) is 6.86. The molecule has 0 bridgehead atoms. The van der Waals surface area contributed by atoms with Crippen molar-refractivity contribution in [3.8, 4) is 5.75 Å². The number of carbonyl (C=O) groups is 1. The second kappa shape index (κ2) is 6.79. The molecule has 0 aliphatic carbocycles. The zero-order valence-electron chi connectivity index (χ0n) is 14.6. The summed E-state index contributed by atoms with van der Waals surface area (Å²) in [7, 11) is 1.66. The van der Waals surface area contributed by atoms with Crippen molar-refractivity contribution in [2.24, 2.45) is 0 Å². The van der Waals surface area contributed by atoms with E-state index >= 15 is 0 Å². The van der Waals surface area contributed by atoms with Crippen LogP contribution < -0.4 is 9.64 Å². The van der Waals surface area contributed by atoms with Gasteiger partial charge in [0.25, 0.3) is 0 Å². The third-order valence-corrected chi connectivity index (χ3v) is 5.42. The Bertz CT molecular complexity index is 729. The highest BCUT2D eigenvalue weighted by Crippen LogP contribution is 2.36. The lowest BCUT2D eigenvalue weighted by Gasteiger charge is -2.31. The molecule has 2 aliphatic rings. The number of nitrogens with zero attached hydrogens (tertiary/aromatic N) is 2. The van der Waals surface area contributed by atoms with Crippen LogP contribution >= 0.6 is 0 Å². The van der Waals surface area contributed by atoms with Crippen LogP contribution in [0.1, 0.15) is 24.8 Å². The molecule has 2 atom stereocenters. The predicted molar refractivity (Wildman–Crippen MR) is 99.1 cm³/mol. The molecule has 2 aromatic carbocycles. The molecular formula is C21H24N2O2. The maximum absolute atomic E-state index is 13.1. The van der Waals surface area contributed by atoms with Gasteiger partial charge in [-0.2, -0.15) is 0 Å². The SMILES string of the molecule is COc1ccc(N2C(=O)N3CCCC[C@@H]3[C@H]2Cc2ccccc2)cc1. The third kappa shape index (κ3) is 2.97. The fourth-order valence-electron chi connectivity index (χ4n) is 4.17. The first-order valence-corrected chi connectivity index (χ1v) is 9.06. The van der Waals surface area contributed by atoms with E-state index in [1.54, 1.807) is 7.11 Å². The zero-order chi connectivity index (χ0) is 17.2. The summed E-state index contributed by atoms with van der Waals surface area (Å²) in [6.07, 6.45) is 4.29. The van der Waals surface area contributed by atoms with Crippen LogP contribution in [0.3, 0.4) is 0 Å². The van der Waals surface area contributed by atoms with Gasteiger partial charge < -0.3 is 9.64 Å². The number of fused-ring (bicyclic) bond motifs is 1. The van der Waals surface area contributed by atoms with E-state index in [4.69, 9.17) is 4.74 Å². The number of amides is 2. The molecule has 25 heavy (non-hydrogen) atoms. The van der Waals surface area contributed by atoms with E-state index in [1.807, 2.05) is 35.2 Å². The number of hydrogen-bond donors (Lipinski definition) is 0. The van der Waals surface area contributed by atoms with E-state index in [9.17, 15) is 4.79 Å². The number of benzene rings is 2. The molecule has 0 unspecified atom stereocenters. The molecular weight excluding hydrogens is 312 g/mol.